The molecule has 5 rings (SSSR count). The molecule has 0 aliphatic carbocycles. The zero-order valence-electron chi connectivity index (χ0n) is 41.9. The molecule has 0 radical (unpaired) electrons. The largest absolute Gasteiger partial charge is 0.461 e. The Morgan fingerprint density at radius 1 is 0.459 bits per heavy atom. The van der Waals surface area contributed by atoms with Crippen LogP contribution in [-0.2, 0) is 94.4 Å². The molecule has 5 aromatic carbocycles. The van der Waals surface area contributed by atoms with Gasteiger partial charge in [-0.2, -0.15) is 0 Å². The number of esters is 4. The molecule has 0 aliphatic rings. The average molecular weight is 1030 g/mol. The first kappa shape index (κ1) is 58.1. The predicted molar refractivity (Wildman–Crippen MR) is 278 cm³/mol. The Kier molecular flexibility index (Phi) is 26.0. The summed E-state index contributed by atoms with van der Waals surface area (Å²) in [5.74, 6) is -5.35. The molecule has 16 heteroatoms. The zero-order valence-corrected chi connectivity index (χ0v) is 42.8. The van der Waals surface area contributed by atoms with Gasteiger partial charge in [-0.1, -0.05) is 158 Å². The molecule has 1 amide bonds. The fraction of sp³-hybridized carbons (Fsp3) is 0.379. The number of unbranched alkanes of at least 4 members (excludes halogenated alkanes) is 2. The van der Waals surface area contributed by atoms with Crippen LogP contribution in [0.15, 0.2) is 152 Å². The number of nitrogens with one attached hydrogen (secondary N) is 1. The monoisotopic (exact) mass is 1030 g/mol. The first-order valence-electron chi connectivity index (χ1n) is 25.2. The number of hydrogen-bond donors (Lipinski definition) is 2. The summed E-state index contributed by atoms with van der Waals surface area (Å²) in [6.45, 7) is 0.0400. The van der Waals surface area contributed by atoms with Crippen LogP contribution < -0.4 is 11.1 Å². The molecule has 394 valence electrons. The van der Waals surface area contributed by atoms with E-state index in [0.29, 0.717) is 18.5 Å². The molecule has 0 aliphatic heterocycles. The third kappa shape index (κ3) is 23.0. The number of amides is 1. The number of benzene rings is 5. The van der Waals surface area contributed by atoms with Gasteiger partial charge in [0.25, 0.3) is 0 Å². The topological polar surface area (TPSA) is 213 Å². The Bertz CT molecular complexity index is 2500. The van der Waals surface area contributed by atoms with E-state index in [-0.39, 0.29) is 96.8 Å². The normalized spacial score (nSPS) is 13.0. The van der Waals surface area contributed by atoms with Crippen LogP contribution >= 0.6 is 7.60 Å². The molecule has 0 fully saturated rings. The summed E-state index contributed by atoms with van der Waals surface area (Å²) in [5, 5.41) is 2.75. The quantitative estimate of drug-likeness (QED) is 0.0167. The minimum absolute atomic E-state index is 0.00247. The van der Waals surface area contributed by atoms with Crippen molar-refractivity contribution in [1.29, 1.82) is 0 Å². The summed E-state index contributed by atoms with van der Waals surface area (Å²) in [4.78, 5) is 80.7. The smallest absolute Gasteiger partial charge is 0.331 e. The molecule has 0 aromatic heterocycles. The van der Waals surface area contributed by atoms with Gasteiger partial charge >= 0.3 is 31.5 Å². The second-order valence-corrected chi connectivity index (χ2v) is 20.0. The molecule has 0 bridgehead atoms. The number of hydrogen-bond acceptors (Lipinski definition) is 14. The molecule has 74 heavy (non-hydrogen) atoms. The molecule has 3 N–H and O–H groups in total. The molecule has 15 nitrogen and oxygen atoms in total. The maximum atomic E-state index is 14.8. The molecule has 5 aromatic rings. The van der Waals surface area contributed by atoms with E-state index < -0.39 is 61.4 Å². The number of carbonyl (C=O) groups is 6. The van der Waals surface area contributed by atoms with E-state index in [1.54, 1.807) is 60.7 Å². The second kappa shape index (κ2) is 33.1. The Morgan fingerprint density at radius 2 is 0.905 bits per heavy atom. The van der Waals surface area contributed by atoms with Gasteiger partial charge in [0.15, 0.2) is 0 Å². The van der Waals surface area contributed by atoms with Gasteiger partial charge in [0.05, 0.1) is 31.2 Å². The zero-order chi connectivity index (χ0) is 52.6. The van der Waals surface area contributed by atoms with E-state index in [1.165, 1.54) is 0 Å². The van der Waals surface area contributed by atoms with E-state index in [2.05, 4.69) is 5.32 Å². The summed E-state index contributed by atoms with van der Waals surface area (Å²) < 4.78 is 49.4. The van der Waals surface area contributed by atoms with Gasteiger partial charge in [-0.15, -0.1) is 0 Å². The van der Waals surface area contributed by atoms with Gasteiger partial charge in [0.2, 0.25) is 5.91 Å². The highest BCUT2D eigenvalue weighted by Gasteiger charge is 2.35. The van der Waals surface area contributed by atoms with Crippen molar-refractivity contribution in [3.63, 3.8) is 0 Å². The molecule has 1 unspecified atom stereocenters. The Labute approximate surface area is 434 Å². The summed E-state index contributed by atoms with van der Waals surface area (Å²) in [6, 6.07) is 44.1. The number of ketones is 1. The van der Waals surface area contributed by atoms with Gasteiger partial charge in [-0.25, -0.2) is 4.79 Å². The van der Waals surface area contributed by atoms with Crippen LogP contribution in [0.4, 0.5) is 0 Å². The lowest BCUT2D eigenvalue weighted by Crippen LogP contribution is -2.42. The first-order chi connectivity index (χ1) is 36.0. The Balaban J connectivity index is 1.27. The van der Waals surface area contributed by atoms with Crippen molar-refractivity contribution < 1.29 is 61.3 Å². The molecular formula is C58H69N2O13P. The Morgan fingerprint density at radius 3 is 1.41 bits per heavy atom. The molecular weight excluding hydrogens is 964 g/mol. The lowest BCUT2D eigenvalue weighted by Gasteiger charge is -2.24. The number of carbonyl (C=O) groups excluding carboxylic acids is 6. The van der Waals surface area contributed by atoms with Crippen molar-refractivity contribution in [2.75, 3.05) is 19.3 Å². The van der Waals surface area contributed by atoms with Gasteiger partial charge in [0, 0.05) is 25.7 Å². The van der Waals surface area contributed by atoms with Crippen molar-refractivity contribution in [3.05, 3.63) is 179 Å². The lowest BCUT2D eigenvalue weighted by molar-refractivity contribution is -0.152. The van der Waals surface area contributed by atoms with Crippen molar-refractivity contribution >= 4 is 43.2 Å². The molecule has 0 saturated carbocycles. The highest BCUT2D eigenvalue weighted by Crippen LogP contribution is 2.51. The van der Waals surface area contributed by atoms with Crippen molar-refractivity contribution in [2.24, 2.45) is 17.6 Å². The van der Waals surface area contributed by atoms with E-state index in [9.17, 15) is 33.3 Å². The number of Topliss-reactive ketones (excluding diaryl/α,β-unsaturated/α-hetero) is 1. The van der Waals surface area contributed by atoms with Crippen LogP contribution in [0.3, 0.4) is 0 Å². The third-order valence-electron chi connectivity index (χ3n) is 11.9. The van der Waals surface area contributed by atoms with Gasteiger partial charge in [-0.3, -0.25) is 28.5 Å². The highest BCUT2D eigenvalue weighted by molar-refractivity contribution is 7.53. The van der Waals surface area contributed by atoms with E-state index >= 15 is 0 Å². The van der Waals surface area contributed by atoms with Gasteiger partial charge in [0.1, 0.15) is 38.3 Å². The van der Waals surface area contributed by atoms with Gasteiger partial charge in [-0.05, 0) is 72.9 Å². The second-order valence-electron chi connectivity index (χ2n) is 17.9. The summed E-state index contributed by atoms with van der Waals surface area (Å²) in [7, 11) is -4.19. The van der Waals surface area contributed by atoms with Crippen LogP contribution in [0, 0.1) is 11.8 Å². The van der Waals surface area contributed by atoms with E-state index in [0.717, 1.165) is 35.1 Å². The summed E-state index contributed by atoms with van der Waals surface area (Å²) >= 11 is 0. The third-order valence-corrected chi connectivity index (χ3v) is 13.9. The molecule has 0 heterocycles. The minimum Gasteiger partial charge on any atom is -0.461 e. The number of ether oxygens (including phenoxy) is 4. The summed E-state index contributed by atoms with van der Waals surface area (Å²) in [5.41, 5.74) is 9.30. The molecule has 4 atom stereocenters. The van der Waals surface area contributed by atoms with Gasteiger partial charge < -0.3 is 39.0 Å². The fourth-order valence-corrected chi connectivity index (χ4v) is 9.61. The maximum Gasteiger partial charge on any atom is 0.331 e. The first-order valence-corrected chi connectivity index (χ1v) is 27.0. The molecule has 0 spiro atoms. The predicted octanol–water partition coefficient (Wildman–Crippen LogP) is 9.92. The number of nitrogens with two attached hydrogens (primary N) is 1. The van der Waals surface area contributed by atoms with E-state index in [4.69, 9.17) is 33.7 Å². The Hall–Kier alpha value is -6.77. The average Bonchev–Trinajstić information content (AvgIpc) is 3.43. The maximum absolute atomic E-state index is 14.8. The molecule has 0 saturated heterocycles. The standard InChI is InChI=1S/C58H69N2O13P/c59-36-18-6-17-30-52(61)38-50(56(64)69-40-46-22-9-2-10-23-46)32-34-54(62)60-53(58(66)71-42-48-26-13-4-14-27-48)31-19-37-72-74(67,73-43-49-28-15-5-16-29-49)44-51(57(65)70-41-47-24-11-3-12-25-47)33-35-55(63)68-39-45-20-7-1-8-21-45/h1-5,7-16,20-29,50-51,53H,6,17-19,30-44,59H2,(H,60,62)/t50-,51-,53+,74?/m1/s1. The summed E-state index contributed by atoms with van der Waals surface area (Å²) in [6.07, 6.45) is 1.41. The minimum atomic E-state index is -4.19. The van der Waals surface area contributed by atoms with Crippen LogP contribution in [0.5, 0.6) is 0 Å². The van der Waals surface area contributed by atoms with E-state index in [1.807, 2.05) is 91.0 Å². The lowest BCUT2D eigenvalue weighted by atomic mass is 9.94. The van der Waals surface area contributed by atoms with Crippen molar-refractivity contribution in [3.8, 4) is 0 Å². The van der Waals surface area contributed by atoms with Crippen LogP contribution in [0.2, 0.25) is 0 Å². The van der Waals surface area contributed by atoms with Crippen LogP contribution in [0.1, 0.15) is 98.4 Å². The van der Waals surface area contributed by atoms with Crippen LogP contribution in [-0.4, -0.2) is 60.9 Å². The fourth-order valence-electron chi connectivity index (χ4n) is 7.70. The van der Waals surface area contributed by atoms with Crippen molar-refractivity contribution in [1.82, 2.24) is 5.32 Å². The van der Waals surface area contributed by atoms with Crippen LogP contribution in [0.25, 0.3) is 0 Å². The van der Waals surface area contributed by atoms with Crippen molar-refractivity contribution in [2.45, 2.75) is 110 Å². The highest BCUT2D eigenvalue weighted by atomic mass is 31.2. The SMILES string of the molecule is NCCCCCC(=O)C[C@@H](CCC(=O)N[C@@H](CCCOP(=O)(C[C@@H](CCC(=O)OCc1ccccc1)C(=O)OCc1ccccc1)OCc1ccccc1)C(=O)OCc1ccccc1)C(=O)OCc1ccccc1. The number of rotatable bonds is 35.